The average Bonchev–Trinajstić information content (AvgIpc) is 2.88. The number of carbonyl (C=O) groups excluding carboxylic acids is 3. The zero-order valence-corrected chi connectivity index (χ0v) is 17.7. The number of allylic oxidation sites excluding steroid dienone is 1. The first-order chi connectivity index (χ1) is 13.7. The summed E-state index contributed by atoms with van der Waals surface area (Å²) in [6.07, 6.45) is 1.39. The number of halogens is 1. The predicted molar refractivity (Wildman–Crippen MR) is 107 cm³/mol. The van der Waals surface area contributed by atoms with Gasteiger partial charge in [0.2, 0.25) is 11.8 Å². The summed E-state index contributed by atoms with van der Waals surface area (Å²) in [7, 11) is 2.70. The number of anilines is 1. The normalized spacial score (nSPS) is 20.6. The van der Waals surface area contributed by atoms with Crippen LogP contribution in [0.4, 0.5) is 5.69 Å². The molecule has 2 aliphatic rings. The highest BCUT2D eigenvalue weighted by Crippen LogP contribution is 2.54. The molecule has 2 aliphatic heterocycles. The topological polar surface area (TPSA) is 108 Å². The van der Waals surface area contributed by atoms with Crippen molar-refractivity contribution in [3.63, 3.8) is 0 Å². The molecule has 0 radical (unpaired) electrons. The number of rotatable bonds is 4. The summed E-state index contributed by atoms with van der Waals surface area (Å²) in [6.45, 7) is 4.91. The monoisotopic (exact) mass is 462 g/mol. The van der Waals surface area contributed by atoms with Crippen LogP contribution in [0.2, 0.25) is 0 Å². The fraction of sp³-hybridized carbons (Fsp3) is 0.250. The average molecular weight is 463 g/mol. The van der Waals surface area contributed by atoms with E-state index in [1.54, 1.807) is 25.2 Å². The molecule has 1 spiro atoms. The molecule has 0 saturated carbocycles. The lowest BCUT2D eigenvalue weighted by Gasteiger charge is -2.35. The van der Waals surface area contributed by atoms with Crippen LogP contribution in [0.3, 0.4) is 0 Å². The molecule has 3 rings (SSSR count). The molecule has 152 valence electrons. The Balaban J connectivity index is 2.43. The van der Waals surface area contributed by atoms with Crippen molar-refractivity contribution in [1.82, 2.24) is 0 Å². The molecule has 0 bridgehead atoms. The minimum atomic E-state index is -1.87. The highest BCUT2D eigenvalue weighted by atomic mass is 79.9. The Bertz CT molecular complexity index is 1010. The zero-order chi connectivity index (χ0) is 21.5. The van der Waals surface area contributed by atoms with Crippen LogP contribution in [0.5, 0.6) is 0 Å². The molecule has 0 fully saturated rings. The summed E-state index contributed by atoms with van der Waals surface area (Å²) in [4.78, 5) is 40.8. The van der Waals surface area contributed by atoms with Crippen LogP contribution in [0, 0.1) is 0 Å². The van der Waals surface area contributed by atoms with E-state index >= 15 is 0 Å². The van der Waals surface area contributed by atoms with E-state index in [9.17, 15) is 14.4 Å². The summed E-state index contributed by atoms with van der Waals surface area (Å²) >= 11 is 3.39. The Morgan fingerprint density at radius 1 is 1.34 bits per heavy atom. The van der Waals surface area contributed by atoms with Gasteiger partial charge in [0.05, 0.1) is 7.11 Å². The molecule has 29 heavy (non-hydrogen) atoms. The second-order valence-electron chi connectivity index (χ2n) is 6.43. The Labute approximate surface area is 175 Å². The fourth-order valence-electron chi connectivity index (χ4n) is 3.76. The second kappa shape index (κ2) is 7.40. The van der Waals surface area contributed by atoms with E-state index in [1.807, 2.05) is 0 Å². The number of methoxy groups -OCH3 is 1. The Morgan fingerprint density at radius 3 is 2.66 bits per heavy atom. The second-order valence-corrected chi connectivity index (χ2v) is 7.34. The predicted octanol–water partition coefficient (Wildman–Crippen LogP) is 2.04. The molecule has 1 aromatic carbocycles. The van der Waals surface area contributed by atoms with Crippen molar-refractivity contribution >= 4 is 39.5 Å². The smallest absolute Gasteiger partial charge is 0.340 e. The van der Waals surface area contributed by atoms with Gasteiger partial charge in [-0.1, -0.05) is 28.6 Å². The molecule has 2 heterocycles. The van der Waals surface area contributed by atoms with Gasteiger partial charge in [0.25, 0.3) is 0 Å². The molecule has 1 aromatic rings. The number of likely N-dealkylation sites (N-methyl/N-ethyl adjacent to an activating group) is 1. The first-order valence-corrected chi connectivity index (χ1v) is 9.35. The van der Waals surface area contributed by atoms with Gasteiger partial charge in [0, 0.05) is 22.8 Å². The molecule has 0 aromatic heterocycles. The van der Waals surface area contributed by atoms with Crippen molar-refractivity contribution in [2.24, 2.45) is 5.73 Å². The minimum absolute atomic E-state index is 0.0544. The fourth-order valence-corrected chi connectivity index (χ4v) is 4.12. The van der Waals surface area contributed by atoms with Gasteiger partial charge in [-0.15, -0.1) is 0 Å². The van der Waals surface area contributed by atoms with E-state index in [1.165, 1.54) is 17.9 Å². The van der Waals surface area contributed by atoms with Crippen LogP contribution in [-0.2, 0) is 34.0 Å². The standard InChI is InChI=1S/C20H19BrN2O6/c1-5-8-28-18(25)14-10(2)29-16(22)15(17(24)27-4)20(14)12-9-11(21)6-7-13(12)23(3)19(20)26/h5-7,9H,1,8,22H2,2-4H3. The van der Waals surface area contributed by atoms with Gasteiger partial charge in [0.15, 0.2) is 0 Å². The largest absolute Gasteiger partial charge is 0.465 e. The number of amides is 1. The number of nitrogens with two attached hydrogens (primary N) is 1. The van der Waals surface area contributed by atoms with Gasteiger partial charge in [-0.2, -0.15) is 0 Å². The molecule has 9 heteroatoms. The van der Waals surface area contributed by atoms with Gasteiger partial charge in [-0.05, 0) is 25.1 Å². The third-order valence-corrected chi connectivity index (χ3v) is 5.38. The number of ether oxygens (including phenoxy) is 3. The van der Waals surface area contributed by atoms with Crippen molar-refractivity contribution in [3.8, 4) is 0 Å². The lowest BCUT2D eigenvalue weighted by Crippen LogP contribution is -2.50. The van der Waals surface area contributed by atoms with Crippen LogP contribution < -0.4 is 10.6 Å². The highest BCUT2D eigenvalue weighted by molar-refractivity contribution is 9.10. The first kappa shape index (κ1) is 20.7. The van der Waals surface area contributed by atoms with Gasteiger partial charge in [-0.25, -0.2) is 9.59 Å². The van der Waals surface area contributed by atoms with Crippen LogP contribution in [0.25, 0.3) is 0 Å². The maximum atomic E-state index is 13.7. The number of carbonyl (C=O) groups is 3. The van der Waals surface area contributed by atoms with Gasteiger partial charge >= 0.3 is 11.9 Å². The lowest BCUT2D eigenvalue weighted by molar-refractivity contribution is -0.142. The summed E-state index contributed by atoms with van der Waals surface area (Å²) in [5.41, 5.74) is 4.65. The zero-order valence-electron chi connectivity index (χ0n) is 16.1. The van der Waals surface area contributed by atoms with E-state index in [-0.39, 0.29) is 29.4 Å². The maximum absolute atomic E-state index is 13.7. The third-order valence-electron chi connectivity index (χ3n) is 4.89. The summed E-state index contributed by atoms with van der Waals surface area (Å²) in [5, 5.41) is 0. The summed E-state index contributed by atoms with van der Waals surface area (Å²) < 4.78 is 16.2. The maximum Gasteiger partial charge on any atom is 0.340 e. The molecule has 1 unspecified atom stereocenters. The molecular formula is C20H19BrN2O6. The number of hydrogen-bond acceptors (Lipinski definition) is 7. The number of benzene rings is 1. The van der Waals surface area contributed by atoms with E-state index < -0.39 is 23.3 Å². The van der Waals surface area contributed by atoms with E-state index in [0.29, 0.717) is 15.7 Å². The van der Waals surface area contributed by atoms with Crippen molar-refractivity contribution in [2.45, 2.75) is 12.3 Å². The van der Waals surface area contributed by atoms with Crippen LogP contribution >= 0.6 is 15.9 Å². The molecule has 0 saturated heterocycles. The SMILES string of the molecule is C=CCOC(=O)C1=C(C)OC(N)=C(C(=O)OC)C12C(=O)N(C)c1ccc(Br)cc12. The van der Waals surface area contributed by atoms with Crippen molar-refractivity contribution in [2.75, 3.05) is 25.7 Å². The van der Waals surface area contributed by atoms with Crippen molar-refractivity contribution < 1.29 is 28.6 Å². The summed E-state index contributed by atoms with van der Waals surface area (Å²) in [6, 6.07) is 5.11. The van der Waals surface area contributed by atoms with Gasteiger partial charge in [-0.3, -0.25) is 4.79 Å². The quantitative estimate of drug-likeness (QED) is 0.538. The number of nitrogens with zero attached hydrogens (tertiary/aromatic N) is 1. The number of hydrogen-bond donors (Lipinski definition) is 1. The van der Waals surface area contributed by atoms with Gasteiger partial charge in [0.1, 0.15) is 28.9 Å². The number of fused-ring (bicyclic) bond motifs is 2. The molecule has 1 amide bonds. The van der Waals surface area contributed by atoms with Gasteiger partial charge < -0.3 is 24.8 Å². The Hall–Kier alpha value is -3.07. The van der Waals surface area contributed by atoms with E-state index in [2.05, 4.69) is 22.5 Å². The highest BCUT2D eigenvalue weighted by Gasteiger charge is 2.63. The first-order valence-electron chi connectivity index (χ1n) is 8.55. The van der Waals surface area contributed by atoms with Crippen molar-refractivity contribution in [3.05, 3.63) is 63.7 Å². The van der Waals surface area contributed by atoms with Crippen LogP contribution in [-0.4, -0.2) is 38.6 Å². The Morgan fingerprint density at radius 2 is 2.03 bits per heavy atom. The molecule has 1 atom stereocenters. The van der Waals surface area contributed by atoms with E-state index in [0.717, 1.165) is 7.11 Å². The molecule has 0 aliphatic carbocycles. The van der Waals surface area contributed by atoms with Crippen LogP contribution in [0.15, 0.2) is 58.1 Å². The van der Waals surface area contributed by atoms with Crippen LogP contribution in [0.1, 0.15) is 12.5 Å². The molecular weight excluding hydrogens is 444 g/mol. The lowest BCUT2D eigenvalue weighted by atomic mass is 9.67. The van der Waals surface area contributed by atoms with E-state index in [4.69, 9.17) is 19.9 Å². The minimum Gasteiger partial charge on any atom is -0.465 e. The number of esters is 2. The summed E-state index contributed by atoms with van der Waals surface area (Å²) in [5.74, 6) is -2.53. The third kappa shape index (κ3) is 2.84. The molecule has 2 N–H and O–H groups in total. The van der Waals surface area contributed by atoms with Crippen molar-refractivity contribution in [1.29, 1.82) is 0 Å². The Kier molecular flexibility index (Phi) is 5.27. The molecule has 8 nitrogen and oxygen atoms in total.